The Morgan fingerprint density at radius 2 is 2.00 bits per heavy atom. The van der Waals surface area contributed by atoms with E-state index in [9.17, 15) is 4.79 Å². The van der Waals surface area contributed by atoms with Crippen LogP contribution in [0.3, 0.4) is 0 Å². The number of carbonyl (C=O) groups excluding carboxylic acids is 1. The second-order valence-electron chi connectivity index (χ2n) is 5.47. The van der Waals surface area contributed by atoms with Gasteiger partial charge in [-0.25, -0.2) is 4.79 Å². The molecule has 1 aliphatic carbocycles. The molecule has 0 unspecified atom stereocenters. The SMILES string of the molecule is CCOC(=O)c1ccc(N)c(OC2CCC(C)CC2)c1. The lowest BCUT2D eigenvalue weighted by Crippen LogP contribution is -2.23. The molecule has 4 nitrogen and oxygen atoms in total. The van der Waals surface area contributed by atoms with Crippen molar-refractivity contribution in [3.05, 3.63) is 23.8 Å². The van der Waals surface area contributed by atoms with Gasteiger partial charge in [0.05, 0.1) is 24.0 Å². The van der Waals surface area contributed by atoms with E-state index in [4.69, 9.17) is 15.2 Å². The van der Waals surface area contributed by atoms with Crippen LogP contribution in [0.2, 0.25) is 0 Å². The molecule has 1 saturated carbocycles. The fourth-order valence-corrected chi connectivity index (χ4v) is 2.50. The smallest absolute Gasteiger partial charge is 0.338 e. The average Bonchev–Trinajstić information content (AvgIpc) is 2.44. The van der Waals surface area contributed by atoms with Crippen LogP contribution in [0, 0.1) is 5.92 Å². The highest BCUT2D eigenvalue weighted by molar-refractivity contribution is 5.90. The van der Waals surface area contributed by atoms with E-state index in [1.807, 2.05) is 0 Å². The van der Waals surface area contributed by atoms with E-state index >= 15 is 0 Å². The summed E-state index contributed by atoms with van der Waals surface area (Å²) in [5, 5.41) is 0. The van der Waals surface area contributed by atoms with Crippen molar-refractivity contribution in [2.75, 3.05) is 12.3 Å². The largest absolute Gasteiger partial charge is 0.488 e. The molecule has 1 aromatic rings. The molecule has 0 bridgehead atoms. The first-order valence-corrected chi connectivity index (χ1v) is 7.33. The number of anilines is 1. The van der Waals surface area contributed by atoms with Gasteiger partial charge in [-0.15, -0.1) is 0 Å². The summed E-state index contributed by atoms with van der Waals surface area (Å²) in [7, 11) is 0. The molecule has 4 heteroatoms. The Bertz CT molecular complexity index is 465. The fraction of sp³-hybridized carbons (Fsp3) is 0.562. The Labute approximate surface area is 120 Å². The molecule has 0 saturated heterocycles. The van der Waals surface area contributed by atoms with E-state index in [-0.39, 0.29) is 12.1 Å². The first-order chi connectivity index (χ1) is 9.60. The molecular weight excluding hydrogens is 254 g/mol. The van der Waals surface area contributed by atoms with Crippen molar-refractivity contribution in [1.29, 1.82) is 0 Å². The maximum absolute atomic E-state index is 11.7. The summed E-state index contributed by atoms with van der Waals surface area (Å²) in [6.45, 7) is 4.42. The molecule has 110 valence electrons. The van der Waals surface area contributed by atoms with E-state index in [1.165, 1.54) is 12.8 Å². The second kappa shape index (κ2) is 6.64. The summed E-state index contributed by atoms with van der Waals surface area (Å²) >= 11 is 0. The number of hydrogen-bond acceptors (Lipinski definition) is 4. The maximum atomic E-state index is 11.7. The maximum Gasteiger partial charge on any atom is 0.338 e. The summed E-state index contributed by atoms with van der Waals surface area (Å²) in [5.74, 6) is 1.03. The van der Waals surface area contributed by atoms with Gasteiger partial charge in [0.1, 0.15) is 5.75 Å². The highest BCUT2D eigenvalue weighted by Gasteiger charge is 2.21. The van der Waals surface area contributed by atoms with E-state index in [0.717, 1.165) is 18.8 Å². The Morgan fingerprint density at radius 1 is 1.30 bits per heavy atom. The van der Waals surface area contributed by atoms with Crippen LogP contribution in [0.5, 0.6) is 5.75 Å². The van der Waals surface area contributed by atoms with Crippen molar-refractivity contribution in [2.24, 2.45) is 5.92 Å². The molecule has 2 N–H and O–H groups in total. The summed E-state index contributed by atoms with van der Waals surface area (Å²) in [4.78, 5) is 11.7. The highest BCUT2D eigenvalue weighted by Crippen LogP contribution is 2.30. The molecule has 0 atom stereocenters. The third-order valence-electron chi connectivity index (χ3n) is 3.78. The predicted molar refractivity (Wildman–Crippen MR) is 78.9 cm³/mol. The van der Waals surface area contributed by atoms with Gasteiger partial charge in [0.2, 0.25) is 0 Å². The van der Waals surface area contributed by atoms with Crippen molar-refractivity contribution in [3.8, 4) is 5.75 Å². The average molecular weight is 277 g/mol. The molecule has 20 heavy (non-hydrogen) atoms. The molecular formula is C16H23NO3. The van der Waals surface area contributed by atoms with Crippen LogP contribution < -0.4 is 10.5 Å². The molecule has 0 heterocycles. The summed E-state index contributed by atoms with van der Waals surface area (Å²) < 4.78 is 11.0. The van der Waals surface area contributed by atoms with Gasteiger partial charge in [-0.3, -0.25) is 0 Å². The van der Waals surface area contributed by atoms with Crippen LogP contribution in [0.15, 0.2) is 18.2 Å². The molecule has 0 aliphatic heterocycles. The summed E-state index contributed by atoms with van der Waals surface area (Å²) in [5.41, 5.74) is 6.98. The second-order valence-corrected chi connectivity index (χ2v) is 5.47. The lowest BCUT2D eigenvalue weighted by molar-refractivity contribution is 0.0525. The van der Waals surface area contributed by atoms with Crippen molar-refractivity contribution in [3.63, 3.8) is 0 Å². The molecule has 1 aliphatic rings. The van der Waals surface area contributed by atoms with Crippen molar-refractivity contribution >= 4 is 11.7 Å². The number of hydrogen-bond donors (Lipinski definition) is 1. The van der Waals surface area contributed by atoms with Gasteiger partial charge in [-0.05, 0) is 56.7 Å². The van der Waals surface area contributed by atoms with E-state index in [0.29, 0.717) is 23.6 Å². The third kappa shape index (κ3) is 3.65. The van der Waals surface area contributed by atoms with Crippen LogP contribution in [-0.2, 0) is 4.74 Å². The molecule has 0 radical (unpaired) electrons. The quantitative estimate of drug-likeness (QED) is 0.676. The van der Waals surface area contributed by atoms with Crippen LogP contribution in [0.4, 0.5) is 5.69 Å². The van der Waals surface area contributed by atoms with Crippen molar-refractivity contribution in [1.82, 2.24) is 0 Å². The number of benzene rings is 1. The summed E-state index contributed by atoms with van der Waals surface area (Å²) in [6.07, 6.45) is 4.66. The van der Waals surface area contributed by atoms with Crippen LogP contribution in [-0.4, -0.2) is 18.7 Å². The summed E-state index contributed by atoms with van der Waals surface area (Å²) in [6, 6.07) is 5.06. The molecule has 1 aromatic carbocycles. The van der Waals surface area contributed by atoms with E-state index < -0.39 is 0 Å². The van der Waals surface area contributed by atoms with Gasteiger partial charge in [0, 0.05) is 0 Å². The first kappa shape index (κ1) is 14.7. The van der Waals surface area contributed by atoms with Crippen LogP contribution in [0.1, 0.15) is 49.9 Å². The number of rotatable bonds is 4. The minimum atomic E-state index is -0.338. The van der Waals surface area contributed by atoms with Gasteiger partial charge in [-0.2, -0.15) is 0 Å². The lowest BCUT2D eigenvalue weighted by atomic mass is 9.89. The topological polar surface area (TPSA) is 61.5 Å². The van der Waals surface area contributed by atoms with Gasteiger partial charge < -0.3 is 15.2 Å². The Morgan fingerprint density at radius 3 is 2.65 bits per heavy atom. The number of ether oxygens (including phenoxy) is 2. The van der Waals surface area contributed by atoms with Crippen molar-refractivity contribution in [2.45, 2.75) is 45.6 Å². The molecule has 1 fully saturated rings. The number of esters is 1. The lowest BCUT2D eigenvalue weighted by Gasteiger charge is -2.27. The normalized spacial score (nSPS) is 22.3. The monoisotopic (exact) mass is 277 g/mol. The van der Waals surface area contributed by atoms with Gasteiger partial charge in [-0.1, -0.05) is 6.92 Å². The molecule has 0 amide bonds. The molecule has 2 rings (SSSR count). The molecule has 0 spiro atoms. The van der Waals surface area contributed by atoms with Gasteiger partial charge in [0.15, 0.2) is 0 Å². The minimum absolute atomic E-state index is 0.200. The standard InChI is InChI=1S/C16H23NO3/c1-3-19-16(18)12-6-9-14(17)15(10-12)20-13-7-4-11(2)5-8-13/h6,9-11,13H,3-5,7-8,17H2,1-2H3. The number of nitrogens with two attached hydrogens (primary N) is 1. The van der Waals surface area contributed by atoms with Crippen LogP contribution >= 0.6 is 0 Å². The van der Waals surface area contributed by atoms with E-state index in [1.54, 1.807) is 25.1 Å². The van der Waals surface area contributed by atoms with Gasteiger partial charge in [0.25, 0.3) is 0 Å². The Kier molecular flexibility index (Phi) is 4.88. The predicted octanol–water partition coefficient (Wildman–Crippen LogP) is 3.40. The number of carbonyl (C=O) groups is 1. The van der Waals surface area contributed by atoms with Crippen LogP contribution in [0.25, 0.3) is 0 Å². The highest BCUT2D eigenvalue weighted by atomic mass is 16.5. The fourth-order valence-electron chi connectivity index (χ4n) is 2.50. The zero-order valence-electron chi connectivity index (χ0n) is 12.2. The first-order valence-electron chi connectivity index (χ1n) is 7.33. The zero-order valence-corrected chi connectivity index (χ0v) is 12.2. The van der Waals surface area contributed by atoms with E-state index in [2.05, 4.69) is 6.92 Å². The molecule has 0 aromatic heterocycles. The van der Waals surface area contributed by atoms with Gasteiger partial charge >= 0.3 is 5.97 Å². The third-order valence-corrected chi connectivity index (χ3v) is 3.78. The van der Waals surface area contributed by atoms with Crippen molar-refractivity contribution < 1.29 is 14.3 Å². The minimum Gasteiger partial charge on any atom is -0.488 e. The number of nitrogen functional groups attached to an aromatic ring is 1. The zero-order chi connectivity index (χ0) is 14.5. The Hall–Kier alpha value is -1.71. The Balaban J connectivity index is 2.06.